The highest BCUT2D eigenvalue weighted by atomic mass is 16.7. The molecule has 2 aliphatic heterocycles. The van der Waals surface area contributed by atoms with Crippen molar-refractivity contribution in [2.75, 3.05) is 27.1 Å². The van der Waals surface area contributed by atoms with Crippen molar-refractivity contribution < 1.29 is 48.7 Å². The van der Waals surface area contributed by atoms with Crippen molar-refractivity contribution in [1.29, 1.82) is 0 Å². The number of amides is 2. The van der Waals surface area contributed by atoms with E-state index in [1.54, 1.807) is 37.3 Å². The van der Waals surface area contributed by atoms with Crippen LogP contribution in [-0.4, -0.2) is 83.1 Å². The number of hydrogen-bond donors (Lipinski definition) is 4. The maximum absolute atomic E-state index is 13.5. The fourth-order valence-electron chi connectivity index (χ4n) is 5.48. The Labute approximate surface area is 236 Å². The van der Waals surface area contributed by atoms with Crippen LogP contribution in [-0.2, 0) is 27.5 Å². The molecule has 0 spiro atoms. The van der Waals surface area contributed by atoms with Crippen LogP contribution in [0.15, 0.2) is 42.0 Å². The molecule has 2 heterocycles. The van der Waals surface area contributed by atoms with E-state index in [-0.39, 0.29) is 45.1 Å². The molecule has 0 bridgehead atoms. The molecule has 2 amide bonds. The minimum Gasteiger partial charge on any atom is -0.493 e. The lowest BCUT2D eigenvalue weighted by Gasteiger charge is -2.40. The summed E-state index contributed by atoms with van der Waals surface area (Å²) in [6.45, 7) is 0.940. The number of nitrogens with zero attached hydrogens (tertiary/aromatic N) is 1. The molecule has 41 heavy (non-hydrogen) atoms. The third kappa shape index (κ3) is 5.21. The van der Waals surface area contributed by atoms with Crippen LogP contribution in [0.25, 0.3) is 0 Å². The van der Waals surface area contributed by atoms with Gasteiger partial charge in [0.25, 0.3) is 5.91 Å². The monoisotopic (exact) mass is 568 g/mol. The number of nitrogens with one attached hydrogen (secondary N) is 1. The van der Waals surface area contributed by atoms with E-state index in [1.165, 1.54) is 18.1 Å². The Balaban J connectivity index is 1.60. The first-order chi connectivity index (χ1) is 19.8. The lowest BCUT2D eigenvalue weighted by molar-refractivity contribution is -0.148. The SMILES string of the molecule is CCC(=O)C(=O)N(Cc1ccc2c(c1)OCO2)[C@@H]1C=C(C(=O)NCCO)[C@@H]2c3cc(CO)cc(OC)c3O[C@@H]2[C@H]1O. The first-order valence-electron chi connectivity index (χ1n) is 13.3. The summed E-state index contributed by atoms with van der Waals surface area (Å²) in [7, 11) is 1.44. The van der Waals surface area contributed by atoms with Crippen molar-refractivity contribution in [3.05, 3.63) is 58.7 Å². The molecule has 0 saturated carbocycles. The van der Waals surface area contributed by atoms with Crippen molar-refractivity contribution >= 4 is 17.6 Å². The average Bonchev–Trinajstić information content (AvgIpc) is 3.62. The molecule has 218 valence electrons. The van der Waals surface area contributed by atoms with Crippen LogP contribution in [0.4, 0.5) is 0 Å². The lowest BCUT2D eigenvalue weighted by Crippen LogP contribution is -2.56. The zero-order valence-corrected chi connectivity index (χ0v) is 22.7. The molecule has 0 unspecified atom stereocenters. The van der Waals surface area contributed by atoms with Crippen LogP contribution in [0.2, 0.25) is 0 Å². The van der Waals surface area contributed by atoms with Crippen molar-refractivity contribution in [2.45, 2.75) is 50.7 Å². The Hall–Kier alpha value is -4.13. The first-order valence-corrected chi connectivity index (χ1v) is 13.3. The van der Waals surface area contributed by atoms with E-state index in [9.17, 15) is 29.7 Å². The number of Topliss-reactive ketones (excluding diaryl/α,β-unsaturated/α-hetero) is 1. The average molecular weight is 569 g/mol. The van der Waals surface area contributed by atoms with E-state index in [0.29, 0.717) is 39.7 Å². The molecule has 0 aromatic heterocycles. The molecular weight excluding hydrogens is 536 g/mol. The number of benzene rings is 2. The summed E-state index contributed by atoms with van der Waals surface area (Å²) in [5.41, 5.74) is 1.84. The molecule has 4 N–H and O–H groups in total. The van der Waals surface area contributed by atoms with E-state index < -0.39 is 41.8 Å². The van der Waals surface area contributed by atoms with Gasteiger partial charge in [-0.25, -0.2) is 0 Å². The summed E-state index contributed by atoms with van der Waals surface area (Å²) in [6, 6.07) is 7.27. The molecule has 5 rings (SSSR count). The number of methoxy groups -OCH3 is 1. The van der Waals surface area contributed by atoms with Crippen molar-refractivity contribution in [1.82, 2.24) is 10.2 Å². The second-order valence-electron chi connectivity index (χ2n) is 9.91. The fourth-order valence-corrected chi connectivity index (χ4v) is 5.48. The predicted molar refractivity (Wildman–Crippen MR) is 142 cm³/mol. The van der Waals surface area contributed by atoms with Gasteiger partial charge in [0.2, 0.25) is 18.5 Å². The van der Waals surface area contributed by atoms with Crippen LogP contribution in [0.1, 0.15) is 36.0 Å². The summed E-state index contributed by atoms with van der Waals surface area (Å²) in [4.78, 5) is 40.8. The number of ketones is 1. The standard InChI is InChI=1S/C29H32N2O10/c1-3-20(34)29(37)31(12-15-4-5-21-22(9-15)40-14-39-21)19-11-18(28(36)30-6-7-32)24-17-8-16(13-33)10-23(38-2)26(17)41-27(24)25(19)35/h4-5,8-11,19,24-25,27,32-33,35H,3,6-7,12-14H2,1-2H3,(H,30,36)/t19-,24+,25+,27+/m1/s1. The van der Waals surface area contributed by atoms with Gasteiger partial charge in [-0.1, -0.05) is 13.0 Å². The Kier molecular flexibility index (Phi) is 8.15. The van der Waals surface area contributed by atoms with E-state index in [2.05, 4.69) is 5.32 Å². The molecule has 4 atom stereocenters. The summed E-state index contributed by atoms with van der Waals surface area (Å²) in [5, 5.41) is 33.5. The second-order valence-corrected chi connectivity index (χ2v) is 9.91. The third-order valence-electron chi connectivity index (χ3n) is 7.47. The zero-order chi connectivity index (χ0) is 29.3. The number of hydrogen-bond acceptors (Lipinski definition) is 10. The van der Waals surface area contributed by atoms with Gasteiger partial charge in [0, 0.05) is 30.6 Å². The minimum absolute atomic E-state index is 0.0251. The van der Waals surface area contributed by atoms with Crippen LogP contribution in [0, 0.1) is 0 Å². The molecular formula is C29H32N2O10. The molecule has 12 nitrogen and oxygen atoms in total. The Morgan fingerprint density at radius 2 is 1.88 bits per heavy atom. The first kappa shape index (κ1) is 28.4. The number of fused-ring (bicyclic) bond motifs is 4. The zero-order valence-electron chi connectivity index (χ0n) is 22.7. The lowest BCUT2D eigenvalue weighted by atomic mass is 9.77. The molecule has 1 aliphatic carbocycles. The highest BCUT2D eigenvalue weighted by Crippen LogP contribution is 2.51. The summed E-state index contributed by atoms with van der Waals surface area (Å²) in [6.07, 6.45) is -0.960. The summed E-state index contributed by atoms with van der Waals surface area (Å²) >= 11 is 0. The maximum atomic E-state index is 13.5. The van der Waals surface area contributed by atoms with Gasteiger partial charge < -0.3 is 44.5 Å². The van der Waals surface area contributed by atoms with Gasteiger partial charge in [0.15, 0.2) is 23.0 Å². The van der Waals surface area contributed by atoms with Crippen LogP contribution in [0.5, 0.6) is 23.0 Å². The van der Waals surface area contributed by atoms with Gasteiger partial charge in [-0.15, -0.1) is 0 Å². The smallest absolute Gasteiger partial charge is 0.290 e. The fraction of sp³-hybridized carbons (Fsp3) is 0.414. The van der Waals surface area contributed by atoms with Gasteiger partial charge >= 0.3 is 0 Å². The predicted octanol–water partition coefficient (Wildman–Crippen LogP) is 0.547. The van der Waals surface area contributed by atoms with Gasteiger partial charge in [-0.05, 0) is 41.5 Å². The van der Waals surface area contributed by atoms with Gasteiger partial charge in [0.1, 0.15) is 12.2 Å². The number of carbonyl (C=O) groups is 3. The van der Waals surface area contributed by atoms with E-state index >= 15 is 0 Å². The molecule has 2 aromatic rings. The van der Waals surface area contributed by atoms with Crippen molar-refractivity contribution in [2.24, 2.45) is 0 Å². The Morgan fingerprint density at radius 1 is 1.10 bits per heavy atom. The summed E-state index contributed by atoms with van der Waals surface area (Å²) < 4.78 is 22.5. The molecule has 12 heteroatoms. The van der Waals surface area contributed by atoms with E-state index in [0.717, 1.165) is 0 Å². The largest absolute Gasteiger partial charge is 0.493 e. The van der Waals surface area contributed by atoms with Gasteiger partial charge in [0.05, 0.1) is 32.3 Å². The second kappa shape index (κ2) is 11.8. The molecule has 0 radical (unpaired) electrons. The Morgan fingerprint density at radius 3 is 2.59 bits per heavy atom. The number of ether oxygens (including phenoxy) is 4. The number of aliphatic hydroxyl groups excluding tert-OH is 3. The minimum atomic E-state index is -1.35. The van der Waals surface area contributed by atoms with Crippen LogP contribution >= 0.6 is 0 Å². The highest BCUT2D eigenvalue weighted by Gasteiger charge is 2.51. The normalized spacial score (nSPS) is 21.7. The quantitative estimate of drug-likeness (QED) is 0.298. The maximum Gasteiger partial charge on any atom is 0.290 e. The molecule has 3 aliphatic rings. The number of carbonyl (C=O) groups excluding carboxylic acids is 3. The van der Waals surface area contributed by atoms with Gasteiger partial charge in [-0.3, -0.25) is 14.4 Å². The van der Waals surface area contributed by atoms with Crippen molar-refractivity contribution in [3.63, 3.8) is 0 Å². The molecule has 0 saturated heterocycles. The van der Waals surface area contributed by atoms with Gasteiger partial charge in [-0.2, -0.15) is 0 Å². The van der Waals surface area contributed by atoms with Crippen LogP contribution in [0.3, 0.4) is 0 Å². The highest BCUT2D eigenvalue weighted by molar-refractivity contribution is 6.36. The number of rotatable bonds is 10. The number of aliphatic hydroxyl groups is 3. The molecule has 0 fully saturated rings. The van der Waals surface area contributed by atoms with E-state index in [4.69, 9.17) is 18.9 Å². The summed E-state index contributed by atoms with van der Waals surface area (Å²) in [5.74, 6) is -1.14. The van der Waals surface area contributed by atoms with Crippen LogP contribution < -0.4 is 24.3 Å². The molecule has 2 aromatic carbocycles. The topological polar surface area (TPSA) is 164 Å². The van der Waals surface area contributed by atoms with E-state index in [1.807, 2.05) is 0 Å². The Bertz CT molecular complexity index is 1390. The van der Waals surface area contributed by atoms with Crippen molar-refractivity contribution in [3.8, 4) is 23.0 Å². The third-order valence-corrected chi connectivity index (χ3v) is 7.47.